The number of amides is 2. The fourth-order valence-electron chi connectivity index (χ4n) is 1.74. The molecule has 0 saturated carbocycles. The number of hydrogen-bond donors (Lipinski definition) is 2. The van der Waals surface area contributed by atoms with E-state index in [4.69, 9.17) is 17.3 Å². The Labute approximate surface area is 130 Å². The molecule has 0 aliphatic rings. The van der Waals surface area contributed by atoms with E-state index in [1.54, 1.807) is 36.9 Å². The monoisotopic (exact) mass is 311 g/mol. The van der Waals surface area contributed by atoms with Gasteiger partial charge in [0.05, 0.1) is 16.1 Å². The van der Waals surface area contributed by atoms with Crippen LogP contribution in [0.25, 0.3) is 0 Å². The number of hydrogen-bond acceptors (Lipinski definition) is 3. The minimum Gasteiger partial charge on any atom is -0.339 e. The number of nitrogens with one attached hydrogen (secondary N) is 1. The van der Waals surface area contributed by atoms with E-state index in [1.807, 2.05) is 13.8 Å². The molecular weight excluding hydrogens is 290 g/mol. The fourth-order valence-corrected chi connectivity index (χ4v) is 2.00. The highest BCUT2D eigenvalue weighted by molar-refractivity contribution is 6.34. The molecule has 0 aliphatic heterocycles. The first-order valence-corrected chi connectivity index (χ1v) is 7.27. The summed E-state index contributed by atoms with van der Waals surface area (Å²) >= 11 is 6.15. The molecule has 3 N–H and O–H groups in total. The topological polar surface area (TPSA) is 75.4 Å². The van der Waals surface area contributed by atoms with E-state index in [0.29, 0.717) is 29.4 Å². The minimum absolute atomic E-state index is 0.123. The van der Waals surface area contributed by atoms with Gasteiger partial charge >= 0.3 is 0 Å². The zero-order valence-corrected chi connectivity index (χ0v) is 13.6. The Morgan fingerprint density at radius 1 is 1.29 bits per heavy atom. The van der Waals surface area contributed by atoms with Crippen LogP contribution in [0.4, 0.5) is 5.69 Å². The Morgan fingerprint density at radius 2 is 1.86 bits per heavy atom. The Morgan fingerprint density at radius 3 is 2.29 bits per heavy atom. The summed E-state index contributed by atoms with van der Waals surface area (Å²) in [7, 11) is 0. The Kier molecular flexibility index (Phi) is 5.75. The second kappa shape index (κ2) is 6.91. The maximum Gasteiger partial charge on any atom is 0.255 e. The fraction of sp³-hybridized carbons (Fsp3) is 0.467. The number of rotatable bonds is 5. The van der Waals surface area contributed by atoms with E-state index in [9.17, 15) is 9.59 Å². The van der Waals surface area contributed by atoms with E-state index >= 15 is 0 Å². The highest BCUT2D eigenvalue weighted by Gasteiger charge is 2.22. The molecule has 5 nitrogen and oxygen atoms in total. The van der Waals surface area contributed by atoms with E-state index < -0.39 is 5.54 Å². The minimum atomic E-state index is -0.984. The lowest BCUT2D eigenvalue weighted by molar-refractivity contribution is -0.120. The van der Waals surface area contributed by atoms with Crippen LogP contribution in [0.15, 0.2) is 18.2 Å². The van der Waals surface area contributed by atoms with Crippen LogP contribution in [0.2, 0.25) is 5.02 Å². The molecule has 0 fully saturated rings. The zero-order valence-electron chi connectivity index (χ0n) is 12.9. The SMILES string of the molecule is CCN(CC)C(=O)c1ccc(NC(=O)C(C)(C)N)cc1Cl. The van der Waals surface area contributed by atoms with Crippen molar-refractivity contribution in [2.24, 2.45) is 5.73 Å². The molecule has 0 aromatic heterocycles. The summed E-state index contributed by atoms with van der Waals surface area (Å²) in [5, 5.41) is 2.98. The second-order valence-corrected chi connectivity index (χ2v) is 5.76. The molecule has 21 heavy (non-hydrogen) atoms. The van der Waals surface area contributed by atoms with Gasteiger partial charge in [-0.1, -0.05) is 11.6 Å². The summed E-state index contributed by atoms with van der Waals surface area (Å²) in [6.07, 6.45) is 0. The molecule has 0 saturated heterocycles. The van der Waals surface area contributed by atoms with E-state index in [2.05, 4.69) is 5.32 Å². The summed E-state index contributed by atoms with van der Waals surface area (Å²) in [6.45, 7) is 8.28. The third-order valence-electron chi connectivity index (χ3n) is 3.09. The maximum absolute atomic E-state index is 12.3. The van der Waals surface area contributed by atoms with Gasteiger partial charge in [0.15, 0.2) is 0 Å². The van der Waals surface area contributed by atoms with Crippen LogP contribution in [0.3, 0.4) is 0 Å². The van der Waals surface area contributed by atoms with Crippen LogP contribution in [0, 0.1) is 0 Å². The maximum atomic E-state index is 12.3. The van der Waals surface area contributed by atoms with Crippen LogP contribution in [0.1, 0.15) is 38.1 Å². The lowest BCUT2D eigenvalue weighted by Gasteiger charge is -2.20. The van der Waals surface area contributed by atoms with Crippen LogP contribution in [-0.4, -0.2) is 35.3 Å². The summed E-state index contributed by atoms with van der Waals surface area (Å²) in [6, 6.07) is 4.82. The average Bonchev–Trinajstić information content (AvgIpc) is 2.38. The molecule has 0 heterocycles. The number of halogens is 1. The van der Waals surface area contributed by atoms with Crippen LogP contribution < -0.4 is 11.1 Å². The number of anilines is 1. The third-order valence-corrected chi connectivity index (χ3v) is 3.41. The third kappa shape index (κ3) is 4.44. The van der Waals surface area contributed by atoms with Gasteiger partial charge in [0.1, 0.15) is 0 Å². The van der Waals surface area contributed by atoms with Gasteiger partial charge in [0.2, 0.25) is 5.91 Å². The first-order valence-electron chi connectivity index (χ1n) is 6.89. The molecule has 6 heteroatoms. The van der Waals surface area contributed by atoms with Crippen LogP contribution in [-0.2, 0) is 4.79 Å². The van der Waals surface area contributed by atoms with Gasteiger partial charge in [-0.15, -0.1) is 0 Å². The molecule has 0 radical (unpaired) electrons. The number of carbonyl (C=O) groups excluding carboxylic acids is 2. The molecule has 116 valence electrons. The molecule has 0 spiro atoms. The molecule has 1 rings (SSSR count). The van der Waals surface area contributed by atoms with Gasteiger partial charge in [-0.3, -0.25) is 9.59 Å². The van der Waals surface area contributed by atoms with Crippen molar-refractivity contribution in [1.82, 2.24) is 4.90 Å². The average molecular weight is 312 g/mol. The normalized spacial score (nSPS) is 11.1. The molecule has 1 aromatic rings. The lowest BCUT2D eigenvalue weighted by atomic mass is 10.1. The first-order chi connectivity index (χ1) is 9.70. The standard InChI is InChI=1S/C15H22ClN3O2/c1-5-19(6-2)13(20)11-8-7-10(9-12(11)16)18-14(21)15(3,4)17/h7-9H,5-6,17H2,1-4H3,(H,18,21). The van der Waals surface area contributed by atoms with Gasteiger partial charge in [-0.25, -0.2) is 0 Å². The number of nitrogens with two attached hydrogens (primary N) is 1. The second-order valence-electron chi connectivity index (χ2n) is 5.35. The first kappa shape index (κ1) is 17.5. The van der Waals surface area contributed by atoms with E-state index in [1.165, 1.54) is 0 Å². The number of carbonyl (C=O) groups is 2. The molecule has 1 aromatic carbocycles. The summed E-state index contributed by atoms with van der Waals surface area (Å²) < 4.78 is 0. The van der Waals surface area contributed by atoms with Crippen molar-refractivity contribution in [3.05, 3.63) is 28.8 Å². The molecule has 0 unspecified atom stereocenters. The highest BCUT2D eigenvalue weighted by Crippen LogP contribution is 2.23. The van der Waals surface area contributed by atoms with Gasteiger partial charge in [-0.2, -0.15) is 0 Å². The Hall–Kier alpha value is -1.59. The number of nitrogens with zero attached hydrogens (tertiary/aromatic N) is 1. The van der Waals surface area contributed by atoms with Crippen molar-refractivity contribution < 1.29 is 9.59 Å². The smallest absolute Gasteiger partial charge is 0.255 e. The molecule has 0 atom stereocenters. The van der Waals surface area contributed by atoms with Crippen molar-refractivity contribution in [1.29, 1.82) is 0 Å². The van der Waals surface area contributed by atoms with E-state index in [0.717, 1.165) is 0 Å². The van der Waals surface area contributed by atoms with Crippen molar-refractivity contribution in [2.45, 2.75) is 33.2 Å². The molecule has 0 bridgehead atoms. The van der Waals surface area contributed by atoms with Gasteiger partial charge < -0.3 is 16.0 Å². The summed E-state index contributed by atoms with van der Waals surface area (Å²) in [4.78, 5) is 25.7. The molecule has 2 amide bonds. The highest BCUT2D eigenvalue weighted by atomic mass is 35.5. The van der Waals surface area contributed by atoms with Crippen LogP contribution in [0.5, 0.6) is 0 Å². The van der Waals surface area contributed by atoms with Gasteiger partial charge in [-0.05, 0) is 45.9 Å². The van der Waals surface area contributed by atoms with Crippen LogP contribution >= 0.6 is 11.6 Å². The van der Waals surface area contributed by atoms with Crippen molar-refractivity contribution in [3.63, 3.8) is 0 Å². The van der Waals surface area contributed by atoms with Gasteiger partial charge in [0.25, 0.3) is 5.91 Å². The van der Waals surface area contributed by atoms with Crippen molar-refractivity contribution in [2.75, 3.05) is 18.4 Å². The predicted molar refractivity (Wildman–Crippen MR) is 85.6 cm³/mol. The Balaban J connectivity index is 2.96. The van der Waals surface area contributed by atoms with E-state index in [-0.39, 0.29) is 11.8 Å². The molecule has 0 aliphatic carbocycles. The lowest BCUT2D eigenvalue weighted by Crippen LogP contribution is -2.45. The van der Waals surface area contributed by atoms with Gasteiger partial charge in [0, 0.05) is 18.8 Å². The van der Waals surface area contributed by atoms with Crippen molar-refractivity contribution >= 4 is 29.1 Å². The zero-order chi connectivity index (χ0) is 16.2. The van der Waals surface area contributed by atoms with Crippen molar-refractivity contribution in [3.8, 4) is 0 Å². The molecular formula is C15H22ClN3O2. The summed E-state index contributed by atoms with van der Waals surface area (Å²) in [5.41, 5.74) is 5.66. The number of benzene rings is 1. The summed E-state index contributed by atoms with van der Waals surface area (Å²) in [5.74, 6) is -0.441. The largest absolute Gasteiger partial charge is 0.339 e. The Bertz CT molecular complexity index is 534. The predicted octanol–water partition coefficient (Wildman–Crippen LogP) is 2.50. The quantitative estimate of drug-likeness (QED) is 0.877.